The quantitative estimate of drug-likeness (QED) is 0.872. The van der Waals surface area contributed by atoms with Crippen LogP contribution in [0, 0.1) is 0 Å². The summed E-state index contributed by atoms with van der Waals surface area (Å²) in [7, 11) is 1.67. The van der Waals surface area contributed by atoms with Crippen molar-refractivity contribution in [2.75, 3.05) is 7.11 Å². The molecule has 2 rings (SSSR count). The van der Waals surface area contributed by atoms with Gasteiger partial charge in [-0.3, -0.25) is 0 Å². The summed E-state index contributed by atoms with van der Waals surface area (Å²) in [6.45, 7) is 0. The predicted octanol–water partition coefficient (Wildman–Crippen LogP) is 4.22. The first-order chi connectivity index (χ1) is 9.58. The molecule has 0 saturated heterocycles. The highest BCUT2D eigenvalue weighted by Crippen LogP contribution is 2.24. The molecule has 0 aliphatic carbocycles. The topological polar surface area (TPSA) is 35.2 Å². The summed E-state index contributed by atoms with van der Waals surface area (Å²) in [6, 6.07) is 13.8. The van der Waals surface area contributed by atoms with Crippen LogP contribution in [0.15, 0.2) is 46.9 Å². The molecule has 0 fully saturated rings. The number of ether oxygens (including phenoxy) is 1. The van der Waals surface area contributed by atoms with Crippen LogP contribution in [0.4, 0.5) is 0 Å². The SMILES string of the molecule is COc1ccc(Br)c(CC(N)Cc2cccc(Cl)c2)c1. The van der Waals surface area contributed by atoms with Gasteiger partial charge in [-0.15, -0.1) is 0 Å². The van der Waals surface area contributed by atoms with Crippen molar-refractivity contribution in [2.24, 2.45) is 5.73 Å². The summed E-state index contributed by atoms with van der Waals surface area (Å²) in [6.07, 6.45) is 1.58. The lowest BCUT2D eigenvalue weighted by atomic mass is 9.99. The molecule has 1 atom stereocenters. The van der Waals surface area contributed by atoms with E-state index in [1.54, 1.807) is 7.11 Å². The Kier molecular flexibility index (Phi) is 5.46. The maximum Gasteiger partial charge on any atom is 0.119 e. The van der Waals surface area contributed by atoms with Crippen LogP contribution in [0.5, 0.6) is 5.75 Å². The average Bonchev–Trinajstić information content (AvgIpc) is 2.41. The van der Waals surface area contributed by atoms with Crippen molar-refractivity contribution in [3.05, 3.63) is 63.1 Å². The Morgan fingerprint density at radius 2 is 2.00 bits per heavy atom. The molecule has 0 amide bonds. The molecule has 106 valence electrons. The number of halogens is 2. The molecule has 0 aromatic heterocycles. The highest BCUT2D eigenvalue weighted by molar-refractivity contribution is 9.10. The fraction of sp³-hybridized carbons (Fsp3) is 0.250. The molecule has 2 aromatic rings. The summed E-state index contributed by atoms with van der Waals surface area (Å²) >= 11 is 9.54. The summed E-state index contributed by atoms with van der Waals surface area (Å²) in [4.78, 5) is 0. The van der Waals surface area contributed by atoms with E-state index in [9.17, 15) is 0 Å². The second-order valence-corrected chi connectivity index (χ2v) is 6.05. The molecule has 0 spiro atoms. The highest BCUT2D eigenvalue weighted by Gasteiger charge is 2.09. The molecule has 0 aliphatic heterocycles. The lowest BCUT2D eigenvalue weighted by Gasteiger charge is -2.14. The molecule has 4 heteroatoms. The third-order valence-corrected chi connectivity index (χ3v) is 4.13. The smallest absolute Gasteiger partial charge is 0.119 e. The third kappa shape index (κ3) is 4.23. The zero-order chi connectivity index (χ0) is 14.5. The molecule has 0 radical (unpaired) electrons. The lowest BCUT2D eigenvalue weighted by molar-refractivity contribution is 0.414. The van der Waals surface area contributed by atoms with Gasteiger partial charge < -0.3 is 10.5 Å². The molecule has 0 heterocycles. The molecular weight excluding hydrogens is 338 g/mol. The van der Waals surface area contributed by atoms with Crippen molar-refractivity contribution in [1.82, 2.24) is 0 Å². The number of hydrogen-bond acceptors (Lipinski definition) is 2. The Labute approximate surface area is 133 Å². The minimum Gasteiger partial charge on any atom is -0.497 e. The normalized spacial score (nSPS) is 12.2. The van der Waals surface area contributed by atoms with Crippen LogP contribution >= 0.6 is 27.5 Å². The monoisotopic (exact) mass is 353 g/mol. The van der Waals surface area contributed by atoms with Gasteiger partial charge in [0, 0.05) is 15.5 Å². The van der Waals surface area contributed by atoms with Crippen molar-refractivity contribution in [3.63, 3.8) is 0 Å². The number of benzene rings is 2. The van der Waals surface area contributed by atoms with Gasteiger partial charge in [0.25, 0.3) is 0 Å². The zero-order valence-corrected chi connectivity index (χ0v) is 13.6. The first kappa shape index (κ1) is 15.4. The number of methoxy groups -OCH3 is 1. The second kappa shape index (κ2) is 7.11. The van der Waals surface area contributed by atoms with E-state index >= 15 is 0 Å². The van der Waals surface area contributed by atoms with Gasteiger partial charge in [0.1, 0.15) is 5.75 Å². The van der Waals surface area contributed by atoms with Crippen LogP contribution in [-0.4, -0.2) is 13.2 Å². The minimum absolute atomic E-state index is 0.0388. The van der Waals surface area contributed by atoms with E-state index in [2.05, 4.69) is 15.9 Å². The van der Waals surface area contributed by atoms with Crippen LogP contribution in [0.25, 0.3) is 0 Å². The molecule has 0 bridgehead atoms. The third-order valence-electron chi connectivity index (χ3n) is 3.12. The largest absolute Gasteiger partial charge is 0.497 e. The molecule has 1 unspecified atom stereocenters. The van der Waals surface area contributed by atoms with Crippen LogP contribution in [0.3, 0.4) is 0 Å². The predicted molar refractivity (Wildman–Crippen MR) is 87.5 cm³/mol. The van der Waals surface area contributed by atoms with Gasteiger partial charge in [-0.25, -0.2) is 0 Å². The summed E-state index contributed by atoms with van der Waals surface area (Å²) < 4.78 is 6.30. The van der Waals surface area contributed by atoms with Crippen LogP contribution in [0.1, 0.15) is 11.1 Å². The van der Waals surface area contributed by atoms with Crippen molar-refractivity contribution in [2.45, 2.75) is 18.9 Å². The van der Waals surface area contributed by atoms with E-state index in [4.69, 9.17) is 22.1 Å². The van der Waals surface area contributed by atoms with Gasteiger partial charge in [0.15, 0.2) is 0 Å². The standard InChI is InChI=1S/C16H17BrClNO/c1-20-15-5-6-16(17)12(10-15)9-14(19)8-11-3-2-4-13(18)7-11/h2-7,10,14H,8-9,19H2,1H3. The molecule has 2 aromatic carbocycles. The summed E-state index contributed by atoms with van der Waals surface area (Å²) in [5.74, 6) is 0.846. The van der Waals surface area contributed by atoms with Gasteiger partial charge in [-0.05, 0) is 54.3 Å². The number of hydrogen-bond donors (Lipinski definition) is 1. The lowest BCUT2D eigenvalue weighted by Crippen LogP contribution is -2.25. The van der Waals surface area contributed by atoms with Gasteiger partial charge in [-0.1, -0.05) is 39.7 Å². The highest BCUT2D eigenvalue weighted by atomic mass is 79.9. The number of nitrogens with two attached hydrogens (primary N) is 1. The molecular formula is C16H17BrClNO. The Bertz CT molecular complexity index is 588. The van der Waals surface area contributed by atoms with E-state index in [0.29, 0.717) is 0 Å². The second-order valence-electron chi connectivity index (χ2n) is 4.76. The Morgan fingerprint density at radius 3 is 2.70 bits per heavy atom. The van der Waals surface area contributed by atoms with Crippen LogP contribution < -0.4 is 10.5 Å². The molecule has 0 saturated carbocycles. The van der Waals surface area contributed by atoms with Crippen LogP contribution in [0.2, 0.25) is 5.02 Å². The fourth-order valence-electron chi connectivity index (χ4n) is 2.16. The van der Waals surface area contributed by atoms with Crippen molar-refractivity contribution >= 4 is 27.5 Å². The Hall–Kier alpha value is -1.03. The van der Waals surface area contributed by atoms with Crippen molar-refractivity contribution in [1.29, 1.82) is 0 Å². The van der Waals surface area contributed by atoms with Crippen LogP contribution in [-0.2, 0) is 12.8 Å². The summed E-state index contributed by atoms with van der Waals surface area (Å²) in [5, 5.41) is 0.747. The van der Waals surface area contributed by atoms with E-state index in [1.807, 2.05) is 42.5 Å². The molecule has 20 heavy (non-hydrogen) atoms. The maximum atomic E-state index is 6.24. The number of rotatable bonds is 5. The average molecular weight is 355 g/mol. The first-order valence-electron chi connectivity index (χ1n) is 6.41. The van der Waals surface area contributed by atoms with E-state index in [1.165, 1.54) is 0 Å². The van der Waals surface area contributed by atoms with Gasteiger partial charge in [0.05, 0.1) is 7.11 Å². The Morgan fingerprint density at radius 1 is 1.20 bits per heavy atom. The Balaban J connectivity index is 2.06. The molecule has 0 aliphatic rings. The van der Waals surface area contributed by atoms with Gasteiger partial charge >= 0.3 is 0 Å². The van der Waals surface area contributed by atoms with Crippen molar-refractivity contribution < 1.29 is 4.74 Å². The van der Waals surface area contributed by atoms with Gasteiger partial charge in [-0.2, -0.15) is 0 Å². The minimum atomic E-state index is 0.0388. The van der Waals surface area contributed by atoms with Gasteiger partial charge in [0.2, 0.25) is 0 Å². The molecule has 2 N–H and O–H groups in total. The zero-order valence-electron chi connectivity index (χ0n) is 11.3. The fourth-order valence-corrected chi connectivity index (χ4v) is 2.78. The van der Waals surface area contributed by atoms with Crippen molar-refractivity contribution in [3.8, 4) is 5.75 Å². The van der Waals surface area contributed by atoms with E-state index in [-0.39, 0.29) is 6.04 Å². The first-order valence-corrected chi connectivity index (χ1v) is 7.58. The molecule has 2 nitrogen and oxygen atoms in total. The summed E-state index contributed by atoms with van der Waals surface area (Å²) in [5.41, 5.74) is 8.55. The maximum absolute atomic E-state index is 6.24. The van der Waals surface area contributed by atoms with E-state index < -0.39 is 0 Å². The van der Waals surface area contributed by atoms with E-state index in [0.717, 1.165) is 39.2 Å².